The third-order valence-corrected chi connectivity index (χ3v) is 2.55. The monoisotopic (exact) mass is 248 g/mol. The van der Waals surface area contributed by atoms with Crippen LogP contribution in [0.25, 0.3) is 0 Å². The largest absolute Gasteiger partial charge is 0.456 e. The van der Waals surface area contributed by atoms with Crippen LogP contribution in [-0.2, 0) is 23.8 Å². The fourth-order valence-electron chi connectivity index (χ4n) is 1.71. The third-order valence-electron chi connectivity index (χ3n) is 2.55. The van der Waals surface area contributed by atoms with Crippen LogP contribution in [0, 0.1) is 5.92 Å². The van der Waals surface area contributed by atoms with Crippen LogP contribution in [0.5, 0.6) is 0 Å². The molecule has 98 valence electrons. The highest BCUT2D eigenvalue weighted by Crippen LogP contribution is 2.29. The highest BCUT2D eigenvalue weighted by atomic mass is 19.1. The zero-order chi connectivity index (χ0) is 13.0. The number of rotatable bonds is 4. The van der Waals surface area contributed by atoms with E-state index in [0.29, 0.717) is 6.42 Å². The first-order chi connectivity index (χ1) is 7.93. The van der Waals surface area contributed by atoms with Gasteiger partial charge in [-0.15, -0.1) is 0 Å². The van der Waals surface area contributed by atoms with Gasteiger partial charge in [0.2, 0.25) is 6.29 Å². The van der Waals surface area contributed by atoms with Crippen molar-refractivity contribution in [3.05, 3.63) is 0 Å². The summed E-state index contributed by atoms with van der Waals surface area (Å²) in [6.07, 6.45) is -1.66. The van der Waals surface area contributed by atoms with E-state index in [0.717, 1.165) is 0 Å². The first kappa shape index (κ1) is 13.9. The molecule has 1 rings (SSSR count). The average Bonchev–Trinajstić information content (AvgIpc) is 2.58. The molecule has 6 heteroatoms. The molecule has 0 N–H and O–H groups in total. The lowest BCUT2D eigenvalue weighted by molar-refractivity contribution is -0.196. The first-order valence-electron chi connectivity index (χ1n) is 5.50. The summed E-state index contributed by atoms with van der Waals surface area (Å²) >= 11 is 0. The molecule has 4 atom stereocenters. The van der Waals surface area contributed by atoms with E-state index in [4.69, 9.17) is 14.2 Å². The van der Waals surface area contributed by atoms with Gasteiger partial charge in [-0.05, 0) is 0 Å². The molecule has 0 aromatic rings. The van der Waals surface area contributed by atoms with Crippen LogP contribution >= 0.6 is 0 Å². The van der Waals surface area contributed by atoms with Crippen LogP contribution in [0.1, 0.15) is 27.2 Å². The molecule has 1 aliphatic heterocycles. The van der Waals surface area contributed by atoms with Crippen molar-refractivity contribution < 1.29 is 28.2 Å². The van der Waals surface area contributed by atoms with E-state index < -0.39 is 37.1 Å². The number of hydrogen-bond donors (Lipinski definition) is 0. The van der Waals surface area contributed by atoms with Gasteiger partial charge in [-0.3, -0.25) is 14.0 Å². The van der Waals surface area contributed by atoms with Gasteiger partial charge in [0, 0.05) is 26.2 Å². The second-order valence-electron chi connectivity index (χ2n) is 4.17. The molecule has 1 saturated heterocycles. The summed E-state index contributed by atoms with van der Waals surface area (Å²) in [7, 11) is 0. The van der Waals surface area contributed by atoms with Crippen molar-refractivity contribution in [3.8, 4) is 0 Å². The minimum atomic E-state index is -0.935. The normalized spacial score (nSPS) is 29.8. The van der Waals surface area contributed by atoms with Crippen LogP contribution in [0.15, 0.2) is 0 Å². The lowest BCUT2D eigenvalue weighted by Gasteiger charge is -2.18. The highest BCUT2D eigenvalue weighted by molar-refractivity contribution is 5.67. The van der Waals surface area contributed by atoms with Gasteiger partial charge < -0.3 is 14.2 Å². The molecule has 1 heterocycles. The summed E-state index contributed by atoms with van der Waals surface area (Å²) in [6.45, 7) is 3.65. The fourth-order valence-corrected chi connectivity index (χ4v) is 1.71. The molecule has 0 amide bonds. The molecule has 0 bridgehead atoms. The molecule has 0 spiro atoms. The molecule has 1 unspecified atom stereocenters. The minimum Gasteiger partial charge on any atom is -0.456 e. The molecule has 17 heavy (non-hydrogen) atoms. The highest BCUT2D eigenvalue weighted by Gasteiger charge is 2.41. The molecule has 0 saturated carbocycles. The van der Waals surface area contributed by atoms with E-state index in [-0.39, 0.29) is 5.92 Å². The average molecular weight is 248 g/mol. The standard InChI is InChI=1S/C11H17FO5/c1-6(5-12)9-4-10(15-7(2)13)11(17-9)16-8(3)14/h6,9-11H,4-5H2,1-3H3/t6-,9-,10+,11?/m0/s1. The van der Waals surface area contributed by atoms with Crippen molar-refractivity contribution in [2.45, 2.75) is 45.7 Å². The van der Waals surface area contributed by atoms with Crippen molar-refractivity contribution >= 4 is 11.9 Å². The second-order valence-corrected chi connectivity index (χ2v) is 4.17. The van der Waals surface area contributed by atoms with Crippen molar-refractivity contribution in [3.63, 3.8) is 0 Å². The van der Waals surface area contributed by atoms with Crippen LogP contribution in [-0.4, -0.2) is 37.1 Å². The number of carbonyl (C=O) groups excluding carboxylic acids is 2. The zero-order valence-electron chi connectivity index (χ0n) is 10.1. The molecule has 0 aromatic heterocycles. The quantitative estimate of drug-likeness (QED) is 0.699. The van der Waals surface area contributed by atoms with Crippen molar-refractivity contribution in [1.82, 2.24) is 0 Å². The van der Waals surface area contributed by atoms with Crippen LogP contribution in [0.2, 0.25) is 0 Å². The Morgan fingerprint density at radius 2 is 1.94 bits per heavy atom. The number of alkyl halides is 1. The van der Waals surface area contributed by atoms with Crippen molar-refractivity contribution in [2.75, 3.05) is 6.67 Å². The maximum absolute atomic E-state index is 12.5. The SMILES string of the molecule is CC(=O)OC1O[C@H]([C@@H](C)CF)C[C@H]1OC(C)=O. The smallest absolute Gasteiger partial charge is 0.305 e. The molecule has 0 aliphatic carbocycles. The molecule has 0 aromatic carbocycles. The zero-order valence-corrected chi connectivity index (χ0v) is 10.1. The van der Waals surface area contributed by atoms with Gasteiger partial charge >= 0.3 is 11.9 Å². The van der Waals surface area contributed by atoms with Crippen LogP contribution in [0.4, 0.5) is 4.39 Å². The van der Waals surface area contributed by atoms with Gasteiger partial charge in [0.05, 0.1) is 12.8 Å². The lowest BCUT2D eigenvalue weighted by Crippen LogP contribution is -2.30. The van der Waals surface area contributed by atoms with Crippen LogP contribution < -0.4 is 0 Å². The molecule has 1 aliphatic rings. The maximum atomic E-state index is 12.5. The number of hydrogen-bond acceptors (Lipinski definition) is 5. The van der Waals surface area contributed by atoms with Gasteiger partial charge in [0.15, 0.2) is 6.10 Å². The Hall–Kier alpha value is -1.17. The predicted octanol–water partition coefficient (Wildman–Crippen LogP) is 1.20. The van der Waals surface area contributed by atoms with E-state index in [1.807, 2.05) is 0 Å². The lowest BCUT2D eigenvalue weighted by atomic mass is 10.0. The van der Waals surface area contributed by atoms with Gasteiger partial charge in [-0.1, -0.05) is 6.92 Å². The van der Waals surface area contributed by atoms with Crippen molar-refractivity contribution in [1.29, 1.82) is 0 Å². The number of ether oxygens (including phenoxy) is 3. The third kappa shape index (κ3) is 3.96. The Balaban J connectivity index is 2.64. The molecular weight excluding hydrogens is 231 g/mol. The van der Waals surface area contributed by atoms with Gasteiger partial charge in [-0.25, -0.2) is 0 Å². The summed E-state index contributed by atoms with van der Waals surface area (Å²) < 4.78 is 27.8. The topological polar surface area (TPSA) is 61.8 Å². The Bertz CT molecular complexity index is 270. The Morgan fingerprint density at radius 1 is 1.35 bits per heavy atom. The van der Waals surface area contributed by atoms with Gasteiger partial charge in [0.25, 0.3) is 0 Å². The fraction of sp³-hybridized carbons (Fsp3) is 0.818. The van der Waals surface area contributed by atoms with Crippen molar-refractivity contribution in [2.24, 2.45) is 5.92 Å². The number of halogens is 1. The summed E-state index contributed by atoms with van der Waals surface area (Å²) in [5.41, 5.74) is 0. The Labute approximate surface area is 99.2 Å². The van der Waals surface area contributed by atoms with Crippen LogP contribution in [0.3, 0.4) is 0 Å². The Kier molecular flexibility index (Phi) is 4.86. The summed E-state index contributed by atoms with van der Waals surface area (Å²) in [6, 6.07) is 0. The van der Waals surface area contributed by atoms with E-state index in [1.165, 1.54) is 13.8 Å². The van der Waals surface area contributed by atoms with E-state index in [2.05, 4.69) is 0 Å². The summed E-state index contributed by atoms with van der Waals surface area (Å²) in [5, 5.41) is 0. The maximum Gasteiger partial charge on any atom is 0.305 e. The first-order valence-corrected chi connectivity index (χ1v) is 5.50. The van der Waals surface area contributed by atoms with E-state index in [1.54, 1.807) is 6.92 Å². The summed E-state index contributed by atoms with van der Waals surface area (Å²) in [5.74, 6) is -1.33. The van der Waals surface area contributed by atoms with E-state index >= 15 is 0 Å². The molecule has 1 fully saturated rings. The predicted molar refractivity (Wildman–Crippen MR) is 55.7 cm³/mol. The molecular formula is C11H17FO5. The second kappa shape index (κ2) is 5.95. The summed E-state index contributed by atoms with van der Waals surface area (Å²) in [4.78, 5) is 21.7. The van der Waals surface area contributed by atoms with E-state index in [9.17, 15) is 14.0 Å². The number of carbonyl (C=O) groups is 2. The van der Waals surface area contributed by atoms with Gasteiger partial charge in [-0.2, -0.15) is 0 Å². The minimum absolute atomic E-state index is 0.325. The molecule has 5 nitrogen and oxygen atoms in total. The molecule has 0 radical (unpaired) electrons. The Morgan fingerprint density at radius 3 is 2.41 bits per heavy atom. The number of esters is 2. The van der Waals surface area contributed by atoms with Gasteiger partial charge in [0.1, 0.15) is 0 Å².